The normalized spacial score (nSPS) is 19.8. The van der Waals surface area contributed by atoms with Crippen LogP contribution in [0.1, 0.15) is 20.8 Å². The molecule has 1 heterocycles. The summed E-state index contributed by atoms with van der Waals surface area (Å²) in [5.41, 5.74) is -0.490. The Bertz CT molecular complexity index is 390. The molecule has 0 spiro atoms. The molecule has 1 amide bonds. The van der Waals surface area contributed by atoms with E-state index in [4.69, 9.17) is 9.57 Å². The Labute approximate surface area is 129 Å². The summed E-state index contributed by atoms with van der Waals surface area (Å²) in [6.45, 7) is 10.7. The van der Waals surface area contributed by atoms with Gasteiger partial charge in [-0.1, -0.05) is 28.1 Å². The lowest BCUT2D eigenvalue weighted by atomic mass is 10.2. The molecule has 0 aliphatic carbocycles. The largest absolute Gasteiger partial charge is 0.444 e. The number of amides is 1. The molecule has 1 aliphatic heterocycles. The Kier molecular flexibility index (Phi) is 6.23. The molecule has 0 aromatic rings. The minimum Gasteiger partial charge on any atom is -0.444 e. The second-order valence-electron chi connectivity index (χ2n) is 5.62. The monoisotopic (exact) mass is 346 g/mol. The third kappa shape index (κ3) is 5.26. The predicted octanol–water partition coefficient (Wildman–Crippen LogP) is 2.93. The maximum atomic E-state index is 12.1. The standard InChI is InChI=1S/C14H23BrN2O3/c1-6-9-19-16(5)12-10-17(8-7-11(12)15)13(18)20-14(2,3)4/h6-7,12H,1,8-10H2,2-5H3. The SMILES string of the molecule is C=CCON(C)C1CN(C(=O)OC(C)(C)C)CC=C1Br. The summed E-state index contributed by atoms with van der Waals surface area (Å²) in [5.74, 6) is 0. The Morgan fingerprint density at radius 2 is 2.30 bits per heavy atom. The smallest absolute Gasteiger partial charge is 0.410 e. The number of hydrogen-bond acceptors (Lipinski definition) is 4. The van der Waals surface area contributed by atoms with Crippen molar-refractivity contribution in [2.24, 2.45) is 0 Å². The van der Waals surface area contributed by atoms with Crippen molar-refractivity contribution in [2.75, 3.05) is 26.7 Å². The average Bonchev–Trinajstić information content (AvgIpc) is 2.34. The lowest BCUT2D eigenvalue weighted by molar-refractivity contribution is -0.151. The van der Waals surface area contributed by atoms with Crippen molar-refractivity contribution < 1.29 is 14.4 Å². The van der Waals surface area contributed by atoms with Crippen LogP contribution in [0.15, 0.2) is 23.2 Å². The molecule has 0 aromatic carbocycles. The lowest BCUT2D eigenvalue weighted by Gasteiger charge is -2.36. The number of halogens is 1. The van der Waals surface area contributed by atoms with Crippen molar-refractivity contribution in [3.63, 3.8) is 0 Å². The molecule has 0 bridgehead atoms. The third-order valence-electron chi connectivity index (χ3n) is 2.70. The first-order chi connectivity index (χ1) is 9.24. The highest BCUT2D eigenvalue weighted by molar-refractivity contribution is 9.11. The summed E-state index contributed by atoms with van der Waals surface area (Å²) >= 11 is 3.52. The quantitative estimate of drug-likeness (QED) is 0.579. The van der Waals surface area contributed by atoms with E-state index in [1.807, 2.05) is 33.9 Å². The van der Waals surface area contributed by atoms with Crippen LogP contribution in [0.4, 0.5) is 4.79 Å². The summed E-state index contributed by atoms with van der Waals surface area (Å²) in [6.07, 6.45) is 3.32. The van der Waals surface area contributed by atoms with Gasteiger partial charge in [-0.25, -0.2) is 4.79 Å². The Balaban J connectivity index is 2.67. The van der Waals surface area contributed by atoms with Crippen LogP contribution in [-0.2, 0) is 9.57 Å². The maximum Gasteiger partial charge on any atom is 0.410 e. The molecule has 0 radical (unpaired) electrons. The second-order valence-corrected chi connectivity index (χ2v) is 6.54. The van der Waals surface area contributed by atoms with Crippen LogP contribution < -0.4 is 0 Å². The van der Waals surface area contributed by atoms with Gasteiger partial charge in [-0.3, -0.25) is 4.84 Å². The second kappa shape index (κ2) is 7.24. The van der Waals surface area contributed by atoms with E-state index >= 15 is 0 Å². The number of rotatable bonds is 4. The molecule has 0 N–H and O–H groups in total. The highest BCUT2D eigenvalue weighted by atomic mass is 79.9. The molecule has 20 heavy (non-hydrogen) atoms. The number of hydrogen-bond donors (Lipinski definition) is 0. The van der Waals surface area contributed by atoms with Crippen LogP contribution in [-0.4, -0.2) is 54.4 Å². The zero-order chi connectivity index (χ0) is 15.3. The summed E-state index contributed by atoms with van der Waals surface area (Å²) < 4.78 is 6.39. The summed E-state index contributed by atoms with van der Waals surface area (Å²) in [6, 6.07) is -0.0452. The van der Waals surface area contributed by atoms with E-state index < -0.39 is 5.60 Å². The van der Waals surface area contributed by atoms with Gasteiger partial charge in [-0.2, -0.15) is 5.06 Å². The molecule has 0 aromatic heterocycles. The van der Waals surface area contributed by atoms with E-state index in [0.29, 0.717) is 19.7 Å². The van der Waals surface area contributed by atoms with Gasteiger partial charge in [-0.05, 0) is 20.8 Å². The highest BCUT2D eigenvalue weighted by Crippen LogP contribution is 2.23. The third-order valence-corrected chi connectivity index (χ3v) is 3.56. The van der Waals surface area contributed by atoms with Gasteiger partial charge in [0, 0.05) is 24.6 Å². The zero-order valence-corrected chi connectivity index (χ0v) is 14.1. The van der Waals surface area contributed by atoms with Crippen LogP contribution in [0.25, 0.3) is 0 Å². The van der Waals surface area contributed by atoms with Crippen molar-refractivity contribution in [1.29, 1.82) is 0 Å². The minimum atomic E-state index is -0.490. The van der Waals surface area contributed by atoms with Gasteiger partial charge in [0.05, 0.1) is 12.6 Å². The van der Waals surface area contributed by atoms with Crippen LogP contribution in [0.3, 0.4) is 0 Å². The topological polar surface area (TPSA) is 42.0 Å². The van der Waals surface area contributed by atoms with E-state index in [0.717, 1.165) is 4.48 Å². The number of carbonyl (C=O) groups is 1. The van der Waals surface area contributed by atoms with E-state index in [9.17, 15) is 4.79 Å². The van der Waals surface area contributed by atoms with Crippen molar-refractivity contribution in [2.45, 2.75) is 32.4 Å². The van der Waals surface area contributed by atoms with Crippen LogP contribution in [0.2, 0.25) is 0 Å². The molecule has 114 valence electrons. The molecular weight excluding hydrogens is 324 g/mol. The fraction of sp³-hybridized carbons (Fsp3) is 0.643. The first kappa shape index (κ1) is 17.2. The van der Waals surface area contributed by atoms with E-state index in [-0.39, 0.29) is 12.1 Å². The molecule has 0 fully saturated rings. The van der Waals surface area contributed by atoms with E-state index in [1.165, 1.54) is 0 Å². The first-order valence-electron chi connectivity index (χ1n) is 6.54. The van der Waals surface area contributed by atoms with Crippen molar-refractivity contribution >= 4 is 22.0 Å². The first-order valence-corrected chi connectivity index (χ1v) is 7.34. The van der Waals surface area contributed by atoms with Gasteiger partial charge in [0.1, 0.15) is 5.60 Å². The molecule has 6 heteroatoms. The number of hydroxylamine groups is 2. The molecule has 0 saturated heterocycles. The zero-order valence-electron chi connectivity index (χ0n) is 12.6. The van der Waals surface area contributed by atoms with Gasteiger partial charge >= 0.3 is 6.09 Å². The van der Waals surface area contributed by atoms with Gasteiger partial charge < -0.3 is 9.64 Å². The molecule has 5 nitrogen and oxygen atoms in total. The molecule has 1 unspecified atom stereocenters. The summed E-state index contributed by atoms with van der Waals surface area (Å²) in [4.78, 5) is 19.2. The number of nitrogens with zero attached hydrogens (tertiary/aromatic N) is 2. The van der Waals surface area contributed by atoms with Crippen LogP contribution in [0, 0.1) is 0 Å². The fourth-order valence-electron chi connectivity index (χ4n) is 1.73. The predicted molar refractivity (Wildman–Crippen MR) is 82.5 cm³/mol. The Hall–Kier alpha value is -0.850. The number of carbonyl (C=O) groups excluding carboxylic acids is 1. The van der Waals surface area contributed by atoms with Gasteiger partial charge in [-0.15, -0.1) is 6.58 Å². The number of likely N-dealkylation sites (N-methyl/N-ethyl adjacent to an activating group) is 1. The highest BCUT2D eigenvalue weighted by Gasteiger charge is 2.30. The average molecular weight is 347 g/mol. The van der Waals surface area contributed by atoms with Gasteiger partial charge in [0.25, 0.3) is 0 Å². The Morgan fingerprint density at radius 3 is 2.85 bits per heavy atom. The molecule has 1 aliphatic rings. The van der Waals surface area contributed by atoms with Gasteiger partial charge in [0.2, 0.25) is 0 Å². The van der Waals surface area contributed by atoms with Crippen LogP contribution in [0.5, 0.6) is 0 Å². The fourth-order valence-corrected chi connectivity index (χ4v) is 2.31. The maximum absolute atomic E-state index is 12.1. The summed E-state index contributed by atoms with van der Waals surface area (Å²) in [7, 11) is 1.84. The minimum absolute atomic E-state index is 0.0452. The molecule has 1 rings (SSSR count). The molecule has 0 saturated carbocycles. The summed E-state index contributed by atoms with van der Waals surface area (Å²) in [5, 5.41) is 1.72. The Morgan fingerprint density at radius 1 is 1.65 bits per heavy atom. The van der Waals surface area contributed by atoms with Crippen molar-refractivity contribution in [3.05, 3.63) is 23.2 Å². The van der Waals surface area contributed by atoms with Gasteiger partial charge in [0.15, 0.2) is 0 Å². The van der Waals surface area contributed by atoms with Crippen molar-refractivity contribution in [3.8, 4) is 0 Å². The molecule has 1 atom stereocenters. The molecular formula is C14H23BrN2O3. The van der Waals surface area contributed by atoms with Crippen molar-refractivity contribution in [1.82, 2.24) is 9.96 Å². The number of ether oxygens (including phenoxy) is 1. The lowest BCUT2D eigenvalue weighted by Crippen LogP contribution is -2.48. The van der Waals surface area contributed by atoms with E-state index in [1.54, 1.807) is 16.0 Å². The van der Waals surface area contributed by atoms with E-state index in [2.05, 4.69) is 22.5 Å². The van der Waals surface area contributed by atoms with Crippen LogP contribution >= 0.6 is 15.9 Å².